The first-order chi connectivity index (χ1) is 12.7. The number of ether oxygens (including phenoxy) is 1. The Morgan fingerprint density at radius 3 is 2.88 bits per heavy atom. The number of nitrogens with one attached hydrogen (secondary N) is 1. The second kappa shape index (κ2) is 7.56. The van der Waals surface area contributed by atoms with E-state index in [9.17, 15) is 4.79 Å². The maximum Gasteiger partial charge on any atom is 0.250 e. The Bertz CT molecular complexity index is 810. The number of halogens is 1. The average Bonchev–Trinajstić information content (AvgIpc) is 3.35. The van der Waals surface area contributed by atoms with E-state index in [4.69, 9.17) is 20.8 Å². The molecule has 6 heteroatoms. The van der Waals surface area contributed by atoms with Crippen molar-refractivity contribution in [1.82, 2.24) is 10.2 Å². The third-order valence-electron chi connectivity index (χ3n) is 4.89. The van der Waals surface area contributed by atoms with Crippen molar-refractivity contribution < 1.29 is 13.9 Å². The lowest BCUT2D eigenvalue weighted by atomic mass is 10.1. The summed E-state index contributed by atoms with van der Waals surface area (Å²) < 4.78 is 11.3. The molecule has 3 heterocycles. The molecular weight excluding hydrogens is 352 g/mol. The van der Waals surface area contributed by atoms with E-state index in [1.807, 2.05) is 24.3 Å². The van der Waals surface area contributed by atoms with Crippen LogP contribution in [0.1, 0.15) is 30.2 Å². The molecule has 0 spiro atoms. The van der Waals surface area contributed by atoms with Gasteiger partial charge >= 0.3 is 0 Å². The predicted octanol–water partition coefficient (Wildman–Crippen LogP) is 3.66. The summed E-state index contributed by atoms with van der Waals surface area (Å²) in [6.07, 6.45) is 5.89. The van der Waals surface area contributed by atoms with Gasteiger partial charge < -0.3 is 14.5 Å². The predicted molar refractivity (Wildman–Crippen MR) is 100 cm³/mol. The Kier molecular flexibility index (Phi) is 5.00. The smallest absolute Gasteiger partial charge is 0.250 e. The minimum atomic E-state index is -0.119. The Morgan fingerprint density at radius 1 is 1.27 bits per heavy atom. The fraction of sp³-hybridized carbons (Fsp3) is 0.350. The van der Waals surface area contributed by atoms with Gasteiger partial charge in [0.25, 0.3) is 5.91 Å². The fourth-order valence-corrected chi connectivity index (χ4v) is 3.71. The molecule has 0 unspecified atom stereocenters. The van der Waals surface area contributed by atoms with Crippen molar-refractivity contribution in [3.05, 3.63) is 58.5 Å². The molecule has 0 bridgehead atoms. The highest BCUT2D eigenvalue weighted by molar-refractivity contribution is 6.30. The number of rotatable bonds is 5. The normalized spacial score (nSPS) is 18.0. The van der Waals surface area contributed by atoms with E-state index < -0.39 is 0 Å². The Labute approximate surface area is 157 Å². The first kappa shape index (κ1) is 17.2. The summed E-state index contributed by atoms with van der Waals surface area (Å²) in [4.78, 5) is 15.0. The van der Waals surface area contributed by atoms with Crippen LogP contribution in [-0.2, 0) is 4.79 Å². The zero-order valence-corrected chi connectivity index (χ0v) is 15.2. The summed E-state index contributed by atoms with van der Waals surface area (Å²) in [6, 6.07) is 9.32. The van der Waals surface area contributed by atoms with Gasteiger partial charge in [-0.15, -0.1) is 0 Å². The summed E-state index contributed by atoms with van der Waals surface area (Å²) in [6.45, 7) is 2.82. The van der Waals surface area contributed by atoms with Crippen molar-refractivity contribution in [2.45, 2.75) is 18.9 Å². The van der Waals surface area contributed by atoms with Crippen molar-refractivity contribution in [3.8, 4) is 5.75 Å². The molecule has 0 aliphatic carbocycles. The van der Waals surface area contributed by atoms with Gasteiger partial charge in [-0.25, -0.2) is 0 Å². The number of nitrogens with zero attached hydrogens (tertiary/aromatic N) is 1. The molecular formula is C20H21ClN2O3. The molecule has 1 N–H and O–H groups in total. The number of carbonyl (C=O) groups is 1. The SMILES string of the molecule is O=C(NC[C@@H](c1ccco1)N1CCCC1)C1=Cc2cc(Cl)ccc2OC1. The van der Waals surface area contributed by atoms with Crippen molar-refractivity contribution in [3.63, 3.8) is 0 Å². The molecule has 1 fully saturated rings. The van der Waals surface area contributed by atoms with Crippen molar-refractivity contribution >= 4 is 23.6 Å². The number of amides is 1. The highest BCUT2D eigenvalue weighted by Crippen LogP contribution is 2.29. The maximum atomic E-state index is 12.6. The Balaban J connectivity index is 1.45. The number of furan rings is 1. The third kappa shape index (κ3) is 3.64. The van der Waals surface area contributed by atoms with Gasteiger partial charge in [0.15, 0.2) is 0 Å². The summed E-state index contributed by atoms with van der Waals surface area (Å²) in [5.74, 6) is 1.51. The first-order valence-corrected chi connectivity index (χ1v) is 9.27. The molecule has 2 aromatic rings. The molecule has 1 amide bonds. The molecule has 1 atom stereocenters. The number of carbonyl (C=O) groups excluding carboxylic acids is 1. The second-order valence-corrected chi connectivity index (χ2v) is 7.06. The quantitative estimate of drug-likeness (QED) is 0.870. The number of fused-ring (bicyclic) bond motifs is 1. The molecule has 4 rings (SSSR count). The van der Waals surface area contributed by atoms with Gasteiger partial charge in [0.1, 0.15) is 18.1 Å². The van der Waals surface area contributed by atoms with Crippen LogP contribution in [0.2, 0.25) is 5.02 Å². The minimum Gasteiger partial charge on any atom is -0.488 e. The molecule has 136 valence electrons. The van der Waals surface area contributed by atoms with E-state index in [1.54, 1.807) is 18.4 Å². The number of hydrogen-bond donors (Lipinski definition) is 1. The molecule has 1 saturated heterocycles. The molecule has 1 aromatic heterocycles. The number of benzene rings is 1. The van der Waals surface area contributed by atoms with Crippen LogP contribution in [0.25, 0.3) is 6.08 Å². The van der Waals surface area contributed by atoms with Crippen LogP contribution >= 0.6 is 11.6 Å². The Hall–Kier alpha value is -2.24. The topological polar surface area (TPSA) is 54.7 Å². The van der Waals surface area contributed by atoms with Gasteiger partial charge in [0.2, 0.25) is 0 Å². The minimum absolute atomic E-state index is 0.0586. The lowest BCUT2D eigenvalue weighted by Gasteiger charge is -2.26. The molecule has 0 radical (unpaired) electrons. The fourth-order valence-electron chi connectivity index (χ4n) is 3.53. The van der Waals surface area contributed by atoms with Crippen LogP contribution in [0.5, 0.6) is 5.75 Å². The monoisotopic (exact) mass is 372 g/mol. The van der Waals surface area contributed by atoms with E-state index in [2.05, 4.69) is 10.2 Å². The summed E-state index contributed by atoms with van der Waals surface area (Å²) in [5, 5.41) is 3.66. The molecule has 0 saturated carbocycles. The molecule has 2 aliphatic rings. The van der Waals surface area contributed by atoms with Gasteiger partial charge in [0, 0.05) is 17.1 Å². The van der Waals surface area contributed by atoms with Gasteiger partial charge in [-0.3, -0.25) is 9.69 Å². The van der Waals surface area contributed by atoms with Gasteiger partial charge in [-0.2, -0.15) is 0 Å². The van der Waals surface area contributed by atoms with Crippen LogP contribution in [0.3, 0.4) is 0 Å². The molecule has 5 nitrogen and oxygen atoms in total. The Morgan fingerprint density at radius 2 is 2.12 bits per heavy atom. The molecule has 2 aliphatic heterocycles. The number of likely N-dealkylation sites (tertiary alicyclic amines) is 1. The van der Waals surface area contributed by atoms with Crippen LogP contribution in [0.4, 0.5) is 0 Å². The lowest BCUT2D eigenvalue weighted by molar-refractivity contribution is -0.118. The van der Waals surface area contributed by atoms with Crippen molar-refractivity contribution in [2.75, 3.05) is 26.2 Å². The zero-order chi connectivity index (χ0) is 17.9. The maximum absolute atomic E-state index is 12.6. The zero-order valence-electron chi connectivity index (χ0n) is 14.4. The van der Waals surface area contributed by atoms with E-state index in [0.29, 0.717) is 17.1 Å². The average molecular weight is 373 g/mol. The van der Waals surface area contributed by atoms with E-state index in [1.165, 1.54) is 12.8 Å². The van der Waals surface area contributed by atoms with E-state index in [0.717, 1.165) is 30.2 Å². The molecule has 1 aromatic carbocycles. The van der Waals surface area contributed by atoms with Crippen LogP contribution in [-0.4, -0.2) is 37.0 Å². The lowest BCUT2D eigenvalue weighted by Crippen LogP contribution is -2.38. The van der Waals surface area contributed by atoms with E-state index in [-0.39, 0.29) is 18.6 Å². The van der Waals surface area contributed by atoms with E-state index >= 15 is 0 Å². The highest BCUT2D eigenvalue weighted by Gasteiger charge is 2.27. The van der Waals surface area contributed by atoms with Crippen LogP contribution in [0.15, 0.2) is 46.6 Å². The highest BCUT2D eigenvalue weighted by atomic mass is 35.5. The number of hydrogen-bond acceptors (Lipinski definition) is 4. The van der Waals surface area contributed by atoms with Gasteiger partial charge in [-0.05, 0) is 62.3 Å². The standard InChI is InChI=1S/C20H21ClN2O3/c21-16-5-6-18-14(11-16)10-15(13-26-18)20(24)22-12-17(19-4-3-9-25-19)23-7-1-2-8-23/h3-6,9-11,17H,1-2,7-8,12-13H2,(H,22,24)/t17-/m0/s1. The van der Waals surface area contributed by atoms with Crippen LogP contribution < -0.4 is 10.1 Å². The first-order valence-electron chi connectivity index (χ1n) is 8.89. The van der Waals surface area contributed by atoms with Crippen molar-refractivity contribution in [1.29, 1.82) is 0 Å². The van der Waals surface area contributed by atoms with Crippen LogP contribution in [0, 0.1) is 0 Å². The largest absolute Gasteiger partial charge is 0.488 e. The summed E-state index contributed by atoms with van der Waals surface area (Å²) in [5.41, 5.74) is 1.43. The van der Waals surface area contributed by atoms with Gasteiger partial charge in [0.05, 0.1) is 17.9 Å². The van der Waals surface area contributed by atoms with Crippen molar-refractivity contribution in [2.24, 2.45) is 0 Å². The summed E-state index contributed by atoms with van der Waals surface area (Å²) in [7, 11) is 0. The molecule has 26 heavy (non-hydrogen) atoms. The third-order valence-corrected chi connectivity index (χ3v) is 5.12. The second-order valence-electron chi connectivity index (χ2n) is 6.62. The van der Waals surface area contributed by atoms with Gasteiger partial charge in [-0.1, -0.05) is 11.6 Å². The summed E-state index contributed by atoms with van der Waals surface area (Å²) >= 11 is 6.04.